The minimum absolute atomic E-state index is 0. The fourth-order valence-corrected chi connectivity index (χ4v) is 3.49. The van der Waals surface area contributed by atoms with Crippen LogP contribution in [0.15, 0.2) is 66.0 Å². The third-order valence-electron chi connectivity index (χ3n) is 4.55. The molecule has 1 atom stereocenters. The largest absolute Gasteiger partial charge is 0.383 e. The van der Waals surface area contributed by atoms with E-state index in [0.717, 1.165) is 13.0 Å². The summed E-state index contributed by atoms with van der Waals surface area (Å²) < 4.78 is 0. The zero-order chi connectivity index (χ0) is 14.1. The van der Waals surface area contributed by atoms with Crippen molar-refractivity contribution >= 4 is 18.1 Å². The van der Waals surface area contributed by atoms with Gasteiger partial charge in [-0.15, -0.1) is 12.4 Å². The van der Waals surface area contributed by atoms with Gasteiger partial charge in [-0.25, -0.2) is 0 Å². The van der Waals surface area contributed by atoms with Crippen molar-refractivity contribution in [2.75, 3.05) is 5.32 Å². The van der Waals surface area contributed by atoms with Gasteiger partial charge in [0.1, 0.15) is 0 Å². The Kier molecular flexibility index (Phi) is 4.39. The lowest BCUT2D eigenvalue weighted by Gasteiger charge is -2.24. The zero-order valence-corrected chi connectivity index (χ0v) is 13.3. The van der Waals surface area contributed by atoms with Crippen molar-refractivity contribution in [3.63, 3.8) is 0 Å². The predicted molar refractivity (Wildman–Crippen MR) is 94.2 cm³/mol. The van der Waals surface area contributed by atoms with Crippen LogP contribution in [0.1, 0.15) is 36.3 Å². The Morgan fingerprint density at radius 3 is 2.64 bits per heavy atom. The van der Waals surface area contributed by atoms with Gasteiger partial charge in [-0.2, -0.15) is 0 Å². The molecule has 4 rings (SSSR count). The lowest BCUT2D eigenvalue weighted by molar-refractivity contribution is 0.578. The van der Waals surface area contributed by atoms with Gasteiger partial charge in [-0.3, -0.25) is 0 Å². The van der Waals surface area contributed by atoms with E-state index >= 15 is 0 Å². The molecule has 0 spiro atoms. The van der Waals surface area contributed by atoms with Gasteiger partial charge in [0.15, 0.2) is 0 Å². The Bertz CT molecular complexity index is 679. The molecular weight excluding hydrogens is 292 g/mol. The molecule has 0 bridgehead atoms. The minimum Gasteiger partial charge on any atom is -0.383 e. The van der Waals surface area contributed by atoms with E-state index in [1.807, 2.05) is 0 Å². The topological polar surface area (TPSA) is 24.1 Å². The fraction of sp³-hybridized carbons (Fsp3) is 0.263. The van der Waals surface area contributed by atoms with Gasteiger partial charge in [0.25, 0.3) is 0 Å². The number of para-hydroxylation sites is 1. The van der Waals surface area contributed by atoms with Crippen molar-refractivity contribution in [1.82, 2.24) is 5.32 Å². The van der Waals surface area contributed by atoms with E-state index in [-0.39, 0.29) is 12.4 Å². The van der Waals surface area contributed by atoms with Gasteiger partial charge in [0, 0.05) is 29.5 Å². The molecule has 3 heteroatoms. The molecule has 1 unspecified atom stereocenters. The molecule has 0 radical (unpaired) electrons. The minimum atomic E-state index is 0. The molecule has 2 aliphatic rings. The first-order chi connectivity index (χ1) is 10.4. The second-order valence-electron chi connectivity index (χ2n) is 5.89. The summed E-state index contributed by atoms with van der Waals surface area (Å²) in [6, 6.07) is 19.3. The molecule has 0 fully saturated rings. The van der Waals surface area contributed by atoms with Crippen LogP contribution in [0.3, 0.4) is 0 Å². The van der Waals surface area contributed by atoms with E-state index in [4.69, 9.17) is 0 Å². The lowest BCUT2D eigenvalue weighted by atomic mass is 9.87. The highest BCUT2D eigenvalue weighted by molar-refractivity contribution is 5.85. The van der Waals surface area contributed by atoms with E-state index in [9.17, 15) is 0 Å². The first kappa shape index (κ1) is 15.0. The number of anilines is 1. The number of benzene rings is 2. The average Bonchev–Trinajstić information content (AvgIpc) is 2.93. The maximum absolute atomic E-state index is 3.66. The monoisotopic (exact) mass is 312 g/mol. The average molecular weight is 313 g/mol. The molecule has 1 heterocycles. The van der Waals surface area contributed by atoms with Gasteiger partial charge >= 0.3 is 0 Å². The molecule has 2 aromatic carbocycles. The molecule has 0 aromatic heterocycles. The second kappa shape index (κ2) is 6.45. The molecule has 0 saturated carbocycles. The molecule has 2 N–H and O–H groups in total. The zero-order valence-electron chi connectivity index (χ0n) is 12.5. The van der Waals surface area contributed by atoms with Crippen molar-refractivity contribution < 1.29 is 0 Å². The van der Waals surface area contributed by atoms with Gasteiger partial charge in [-0.1, -0.05) is 48.5 Å². The third-order valence-corrected chi connectivity index (χ3v) is 4.55. The second-order valence-corrected chi connectivity index (χ2v) is 5.89. The standard InChI is InChI=1S/C19H20N2.ClH/c1-2-7-14(8-3-1)13-20-18-12-6-10-16-15-9-4-5-11-17(15)21-19(16)18;/h1-5,7-9,11,16,20-21H,6,10,12-13H2;1H. The number of hydrogen-bond acceptors (Lipinski definition) is 2. The van der Waals surface area contributed by atoms with Crippen LogP contribution < -0.4 is 10.6 Å². The maximum atomic E-state index is 3.66. The lowest BCUT2D eigenvalue weighted by Crippen LogP contribution is -2.21. The van der Waals surface area contributed by atoms with Gasteiger partial charge < -0.3 is 10.6 Å². The van der Waals surface area contributed by atoms with Crippen LogP contribution in [-0.4, -0.2) is 0 Å². The molecule has 114 valence electrons. The summed E-state index contributed by atoms with van der Waals surface area (Å²) in [5.74, 6) is 0.563. The Morgan fingerprint density at radius 1 is 1.00 bits per heavy atom. The van der Waals surface area contributed by atoms with Crippen LogP contribution >= 0.6 is 12.4 Å². The van der Waals surface area contributed by atoms with E-state index in [0.29, 0.717) is 5.92 Å². The molecule has 0 amide bonds. The summed E-state index contributed by atoms with van der Waals surface area (Å²) in [5, 5.41) is 7.30. The van der Waals surface area contributed by atoms with E-state index in [1.165, 1.54) is 41.1 Å². The number of nitrogens with one attached hydrogen (secondary N) is 2. The van der Waals surface area contributed by atoms with Crippen molar-refractivity contribution in [3.8, 4) is 0 Å². The summed E-state index contributed by atoms with van der Waals surface area (Å²) in [5.41, 5.74) is 6.89. The molecule has 2 nitrogen and oxygen atoms in total. The van der Waals surface area contributed by atoms with Crippen molar-refractivity contribution in [3.05, 3.63) is 77.1 Å². The highest BCUT2D eigenvalue weighted by atomic mass is 35.5. The van der Waals surface area contributed by atoms with Crippen molar-refractivity contribution in [1.29, 1.82) is 0 Å². The first-order valence-electron chi connectivity index (χ1n) is 7.78. The Labute approximate surface area is 138 Å². The highest BCUT2D eigenvalue weighted by Gasteiger charge is 2.31. The molecule has 1 aliphatic carbocycles. The van der Waals surface area contributed by atoms with Crippen LogP contribution in [-0.2, 0) is 6.54 Å². The fourth-order valence-electron chi connectivity index (χ4n) is 3.49. The van der Waals surface area contributed by atoms with Crippen LogP contribution in [0.2, 0.25) is 0 Å². The van der Waals surface area contributed by atoms with Crippen LogP contribution in [0.5, 0.6) is 0 Å². The Hall–Kier alpha value is -1.93. The number of rotatable bonds is 3. The number of allylic oxidation sites excluding steroid dienone is 2. The molecular formula is C19H21ClN2. The molecule has 0 saturated heterocycles. The Balaban J connectivity index is 0.00000144. The van der Waals surface area contributed by atoms with E-state index in [2.05, 4.69) is 65.2 Å². The van der Waals surface area contributed by atoms with Crippen LogP contribution in [0.4, 0.5) is 5.69 Å². The van der Waals surface area contributed by atoms with E-state index < -0.39 is 0 Å². The number of fused-ring (bicyclic) bond motifs is 3. The normalized spacial score (nSPS) is 18.8. The van der Waals surface area contributed by atoms with Crippen molar-refractivity contribution in [2.24, 2.45) is 0 Å². The van der Waals surface area contributed by atoms with Gasteiger partial charge in [0.05, 0.1) is 0 Å². The SMILES string of the molecule is Cl.c1ccc(CNC2=C3Nc4ccccc4C3CCC2)cc1. The maximum Gasteiger partial charge on any atom is 0.0421 e. The number of halogens is 1. The Morgan fingerprint density at radius 2 is 1.77 bits per heavy atom. The number of hydrogen-bond donors (Lipinski definition) is 2. The first-order valence-corrected chi connectivity index (χ1v) is 7.78. The smallest absolute Gasteiger partial charge is 0.0421 e. The summed E-state index contributed by atoms with van der Waals surface area (Å²) in [6.07, 6.45) is 3.68. The summed E-state index contributed by atoms with van der Waals surface area (Å²) in [4.78, 5) is 0. The van der Waals surface area contributed by atoms with Crippen molar-refractivity contribution in [2.45, 2.75) is 31.7 Å². The van der Waals surface area contributed by atoms with Gasteiger partial charge in [-0.05, 0) is 36.5 Å². The predicted octanol–water partition coefficient (Wildman–Crippen LogP) is 4.80. The summed E-state index contributed by atoms with van der Waals surface area (Å²) in [6.45, 7) is 0.907. The summed E-state index contributed by atoms with van der Waals surface area (Å²) in [7, 11) is 0. The molecule has 1 aliphatic heterocycles. The molecule has 22 heavy (non-hydrogen) atoms. The molecule has 2 aromatic rings. The van der Waals surface area contributed by atoms with Gasteiger partial charge in [0.2, 0.25) is 0 Å². The highest BCUT2D eigenvalue weighted by Crippen LogP contribution is 2.45. The quantitative estimate of drug-likeness (QED) is 0.850. The van der Waals surface area contributed by atoms with Crippen LogP contribution in [0, 0.1) is 0 Å². The third kappa shape index (κ3) is 2.71. The van der Waals surface area contributed by atoms with Crippen LogP contribution in [0.25, 0.3) is 0 Å². The van der Waals surface area contributed by atoms with E-state index in [1.54, 1.807) is 0 Å². The summed E-state index contributed by atoms with van der Waals surface area (Å²) >= 11 is 0.